The number of hydrogen-bond donors (Lipinski definition) is 1. The van der Waals surface area contributed by atoms with Crippen LogP contribution < -0.4 is 10.2 Å². The second-order valence-electron chi connectivity index (χ2n) is 5.45. The minimum atomic E-state index is -0.471. The molecule has 0 aromatic heterocycles. The van der Waals surface area contributed by atoms with Gasteiger partial charge in [0.1, 0.15) is 13.1 Å². The van der Waals surface area contributed by atoms with Crippen LogP contribution in [0, 0.1) is 0 Å². The van der Waals surface area contributed by atoms with Crippen molar-refractivity contribution in [1.82, 2.24) is 10.2 Å². The van der Waals surface area contributed by atoms with Gasteiger partial charge in [-0.05, 0) is 17.7 Å². The Morgan fingerprint density at radius 2 is 1.58 bits per heavy atom. The molecule has 0 unspecified atom stereocenters. The maximum absolute atomic E-state index is 12.4. The number of imide groups is 1. The lowest BCUT2D eigenvalue weighted by atomic mass is 10.2. The van der Waals surface area contributed by atoms with E-state index in [1.54, 1.807) is 24.3 Å². The Morgan fingerprint density at radius 1 is 0.958 bits per heavy atom. The topological polar surface area (TPSA) is 69.7 Å². The molecule has 4 amide bonds. The van der Waals surface area contributed by atoms with Crippen LogP contribution in [0.3, 0.4) is 0 Å². The van der Waals surface area contributed by atoms with Crippen molar-refractivity contribution in [2.75, 3.05) is 18.0 Å². The Kier molecular flexibility index (Phi) is 4.56. The molecule has 1 N–H and O–H groups in total. The van der Waals surface area contributed by atoms with E-state index in [2.05, 4.69) is 5.32 Å². The number of nitrogens with one attached hydrogen (secondary N) is 1. The van der Waals surface area contributed by atoms with Gasteiger partial charge in [0.05, 0.1) is 0 Å². The molecule has 0 spiro atoms. The van der Waals surface area contributed by atoms with Crippen LogP contribution in [0.15, 0.2) is 60.7 Å². The first-order valence-corrected chi connectivity index (χ1v) is 7.62. The molecule has 2 aromatic rings. The summed E-state index contributed by atoms with van der Waals surface area (Å²) < 4.78 is 0. The third kappa shape index (κ3) is 3.43. The van der Waals surface area contributed by atoms with Crippen LogP contribution in [0.25, 0.3) is 0 Å². The maximum atomic E-state index is 12.4. The second kappa shape index (κ2) is 6.95. The highest BCUT2D eigenvalue weighted by atomic mass is 16.2. The Hall–Kier alpha value is -3.15. The van der Waals surface area contributed by atoms with Crippen LogP contribution in [0.2, 0.25) is 0 Å². The average Bonchev–Trinajstić information content (AvgIpc) is 2.90. The zero-order valence-electron chi connectivity index (χ0n) is 13.0. The van der Waals surface area contributed by atoms with E-state index in [1.165, 1.54) is 4.90 Å². The van der Waals surface area contributed by atoms with Crippen molar-refractivity contribution in [1.29, 1.82) is 0 Å². The van der Waals surface area contributed by atoms with Gasteiger partial charge in [-0.2, -0.15) is 0 Å². The molecule has 3 rings (SSSR count). The number of amides is 4. The number of carbonyl (C=O) groups excluding carboxylic acids is 3. The molecule has 0 saturated carbocycles. The van der Waals surface area contributed by atoms with Crippen LogP contribution in [0.4, 0.5) is 10.5 Å². The minimum absolute atomic E-state index is 0.0468. The van der Waals surface area contributed by atoms with Crippen LogP contribution in [0.1, 0.15) is 5.56 Å². The fourth-order valence-corrected chi connectivity index (χ4v) is 2.50. The van der Waals surface area contributed by atoms with Crippen molar-refractivity contribution in [3.63, 3.8) is 0 Å². The average molecular weight is 323 g/mol. The smallest absolute Gasteiger partial charge is 0.332 e. The second-order valence-corrected chi connectivity index (χ2v) is 5.45. The van der Waals surface area contributed by atoms with Crippen LogP contribution in [0.5, 0.6) is 0 Å². The number of rotatable bonds is 5. The van der Waals surface area contributed by atoms with Gasteiger partial charge in [-0.15, -0.1) is 0 Å². The van der Waals surface area contributed by atoms with Crippen molar-refractivity contribution in [3.8, 4) is 0 Å². The number of urea groups is 1. The summed E-state index contributed by atoms with van der Waals surface area (Å²) in [7, 11) is 0. The number of benzene rings is 2. The molecule has 24 heavy (non-hydrogen) atoms. The van der Waals surface area contributed by atoms with Gasteiger partial charge in [0, 0.05) is 12.2 Å². The van der Waals surface area contributed by atoms with Crippen LogP contribution in [-0.2, 0) is 16.1 Å². The van der Waals surface area contributed by atoms with Crippen LogP contribution >= 0.6 is 0 Å². The molecule has 122 valence electrons. The molecule has 6 heteroatoms. The quantitative estimate of drug-likeness (QED) is 0.853. The van der Waals surface area contributed by atoms with E-state index >= 15 is 0 Å². The van der Waals surface area contributed by atoms with Crippen LogP contribution in [-0.4, -0.2) is 35.8 Å². The number of nitrogens with zero attached hydrogens (tertiary/aromatic N) is 2. The molecule has 1 saturated heterocycles. The molecule has 1 fully saturated rings. The van der Waals surface area contributed by atoms with E-state index in [1.807, 2.05) is 36.4 Å². The van der Waals surface area contributed by atoms with Gasteiger partial charge >= 0.3 is 6.03 Å². The van der Waals surface area contributed by atoms with Gasteiger partial charge < -0.3 is 5.32 Å². The van der Waals surface area contributed by atoms with E-state index in [0.29, 0.717) is 12.2 Å². The molecular weight excluding hydrogens is 306 g/mol. The summed E-state index contributed by atoms with van der Waals surface area (Å²) in [6.07, 6.45) is 0. The number of carbonyl (C=O) groups is 3. The highest BCUT2D eigenvalue weighted by molar-refractivity contribution is 6.13. The fourth-order valence-electron chi connectivity index (χ4n) is 2.50. The van der Waals surface area contributed by atoms with Gasteiger partial charge in [-0.25, -0.2) is 4.79 Å². The van der Waals surface area contributed by atoms with Crippen molar-refractivity contribution in [2.45, 2.75) is 6.54 Å². The number of hydrogen-bond acceptors (Lipinski definition) is 3. The molecule has 6 nitrogen and oxygen atoms in total. The molecule has 2 aromatic carbocycles. The summed E-state index contributed by atoms with van der Waals surface area (Å²) in [4.78, 5) is 38.8. The monoisotopic (exact) mass is 323 g/mol. The third-order valence-electron chi connectivity index (χ3n) is 3.76. The molecule has 1 aliphatic heterocycles. The first-order chi connectivity index (χ1) is 11.6. The lowest BCUT2D eigenvalue weighted by molar-refractivity contribution is -0.130. The minimum Gasteiger partial charge on any atom is -0.350 e. The maximum Gasteiger partial charge on any atom is 0.332 e. The van der Waals surface area contributed by atoms with Crippen molar-refractivity contribution in [2.24, 2.45) is 0 Å². The molecule has 0 bridgehead atoms. The Bertz CT molecular complexity index is 747. The van der Waals surface area contributed by atoms with Crippen molar-refractivity contribution < 1.29 is 14.4 Å². The summed E-state index contributed by atoms with van der Waals surface area (Å²) in [5.41, 5.74) is 1.60. The van der Waals surface area contributed by atoms with E-state index < -0.39 is 6.03 Å². The standard InChI is InChI=1S/C18H17N3O3/c22-16(19-11-14-7-3-1-4-8-14)12-21-17(23)13-20(18(21)24)15-9-5-2-6-10-15/h1-10H,11-13H2,(H,19,22). The molecule has 1 heterocycles. The normalized spacial score (nSPS) is 14.2. The molecular formula is C18H17N3O3. The number of para-hydroxylation sites is 1. The van der Waals surface area contributed by atoms with E-state index in [0.717, 1.165) is 10.5 Å². The first kappa shape index (κ1) is 15.7. The molecule has 0 atom stereocenters. The lowest BCUT2D eigenvalue weighted by Crippen LogP contribution is -2.41. The summed E-state index contributed by atoms with van der Waals surface area (Å²) >= 11 is 0. The largest absolute Gasteiger partial charge is 0.350 e. The van der Waals surface area contributed by atoms with Gasteiger partial charge in [-0.1, -0.05) is 48.5 Å². The summed E-state index contributed by atoms with van der Waals surface area (Å²) in [6.45, 7) is 0.0426. The first-order valence-electron chi connectivity index (χ1n) is 7.62. The van der Waals surface area contributed by atoms with Gasteiger partial charge in [0.25, 0.3) is 5.91 Å². The zero-order valence-corrected chi connectivity index (χ0v) is 13.0. The van der Waals surface area contributed by atoms with Gasteiger partial charge in [-0.3, -0.25) is 19.4 Å². The summed E-state index contributed by atoms with van der Waals surface area (Å²) in [5, 5.41) is 2.72. The fraction of sp³-hybridized carbons (Fsp3) is 0.167. The van der Waals surface area contributed by atoms with Crippen molar-refractivity contribution >= 4 is 23.5 Å². The SMILES string of the molecule is O=C(CN1C(=O)CN(c2ccccc2)C1=O)NCc1ccccc1. The Balaban J connectivity index is 1.59. The highest BCUT2D eigenvalue weighted by Gasteiger charge is 2.37. The summed E-state index contributed by atoms with van der Waals surface area (Å²) in [6, 6.07) is 17.9. The third-order valence-corrected chi connectivity index (χ3v) is 3.76. The van der Waals surface area contributed by atoms with E-state index in [9.17, 15) is 14.4 Å². The highest BCUT2D eigenvalue weighted by Crippen LogP contribution is 2.20. The predicted octanol–water partition coefficient (Wildman–Crippen LogP) is 1.77. The van der Waals surface area contributed by atoms with Crippen molar-refractivity contribution in [3.05, 3.63) is 66.2 Å². The molecule has 0 aliphatic carbocycles. The lowest BCUT2D eigenvalue weighted by Gasteiger charge is -2.16. The molecule has 1 aliphatic rings. The van der Waals surface area contributed by atoms with Gasteiger partial charge in [0.2, 0.25) is 5.91 Å². The van der Waals surface area contributed by atoms with E-state index in [-0.39, 0.29) is 24.9 Å². The van der Waals surface area contributed by atoms with E-state index in [4.69, 9.17) is 0 Å². The Labute approximate surface area is 139 Å². The molecule has 0 radical (unpaired) electrons. The summed E-state index contributed by atoms with van der Waals surface area (Å²) in [5.74, 6) is -0.742. The van der Waals surface area contributed by atoms with Gasteiger partial charge in [0.15, 0.2) is 0 Å². The Morgan fingerprint density at radius 3 is 2.25 bits per heavy atom. The zero-order chi connectivity index (χ0) is 16.9. The number of anilines is 1. The predicted molar refractivity (Wildman–Crippen MR) is 89.2 cm³/mol.